The monoisotopic (exact) mass is 436 g/mol. The van der Waals surface area contributed by atoms with E-state index in [0.717, 1.165) is 23.8 Å². The maximum Gasteiger partial charge on any atom is 0.573 e. The minimum atomic E-state index is -4.80. The number of carbonyl (C=O) groups excluding carboxylic acids is 3. The van der Waals surface area contributed by atoms with Crippen molar-refractivity contribution in [2.45, 2.75) is 25.9 Å². The highest BCUT2D eigenvalue weighted by Gasteiger charge is 2.30. The fraction of sp³-hybridized carbons (Fsp3) is 0.190. The molecule has 7 nitrogen and oxygen atoms in total. The summed E-state index contributed by atoms with van der Waals surface area (Å²) in [5, 5.41) is 4.56. The zero-order valence-corrected chi connectivity index (χ0v) is 16.3. The number of hydrogen-bond donors (Lipinski definition) is 2. The summed E-state index contributed by atoms with van der Waals surface area (Å²) < 4.78 is 45.0. The Morgan fingerprint density at radius 2 is 1.68 bits per heavy atom. The van der Waals surface area contributed by atoms with Gasteiger partial charge in [-0.1, -0.05) is 42.5 Å². The molecule has 0 heterocycles. The first-order valence-electron chi connectivity index (χ1n) is 8.99. The number of alkyl halides is 3. The highest BCUT2D eigenvalue weighted by atomic mass is 19.4. The average Bonchev–Trinajstić information content (AvgIpc) is 2.71. The van der Waals surface area contributed by atoms with Crippen molar-refractivity contribution in [3.63, 3.8) is 0 Å². The largest absolute Gasteiger partial charge is 0.573 e. The van der Waals surface area contributed by atoms with Crippen molar-refractivity contribution in [2.75, 3.05) is 0 Å². The van der Waals surface area contributed by atoms with Crippen LogP contribution in [-0.2, 0) is 20.9 Å². The number of nitrogens with one attached hydrogen (secondary N) is 2. The summed E-state index contributed by atoms with van der Waals surface area (Å²) in [7, 11) is 0. The highest BCUT2D eigenvalue weighted by Crippen LogP contribution is 2.23. The molecule has 31 heavy (non-hydrogen) atoms. The Balaban J connectivity index is 1.77. The number of amides is 3. The second kappa shape index (κ2) is 10.8. The number of benzene rings is 2. The molecule has 0 fully saturated rings. The van der Waals surface area contributed by atoms with Crippen LogP contribution < -0.4 is 15.4 Å². The minimum Gasteiger partial charge on any atom is -0.449 e. The van der Waals surface area contributed by atoms with E-state index in [1.54, 1.807) is 24.3 Å². The second-order valence-corrected chi connectivity index (χ2v) is 6.19. The van der Waals surface area contributed by atoms with Gasteiger partial charge in [-0.15, -0.1) is 13.2 Å². The molecular weight excluding hydrogens is 417 g/mol. The summed E-state index contributed by atoms with van der Waals surface area (Å²) in [4.78, 5) is 35.5. The van der Waals surface area contributed by atoms with Gasteiger partial charge in [-0.25, -0.2) is 9.59 Å². The van der Waals surface area contributed by atoms with Crippen LogP contribution in [0.2, 0.25) is 0 Å². The molecule has 0 saturated heterocycles. The van der Waals surface area contributed by atoms with Gasteiger partial charge in [0.15, 0.2) is 6.10 Å². The van der Waals surface area contributed by atoms with Crippen molar-refractivity contribution in [1.82, 2.24) is 10.6 Å². The van der Waals surface area contributed by atoms with Gasteiger partial charge >= 0.3 is 18.4 Å². The van der Waals surface area contributed by atoms with Crippen LogP contribution >= 0.6 is 0 Å². The lowest BCUT2D eigenvalue weighted by atomic mass is 10.2. The van der Waals surface area contributed by atoms with E-state index in [1.165, 1.54) is 25.1 Å². The summed E-state index contributed by atoms with van der Waals surface area (Å²) in [5.41, 5.74) is 1.25. The Labute approximate surface area is 175 Å². The van der Waals surface area contributed by atoms with Crippen LogP contribution in [0.4, 0.5) is 18.0 Å². The molecule has 2 aromatic carbocycles. The SMILES string of the molecule is CC(OC(=O)/C=C/c1ccc(OC(F)(F)F)cc1)C(=O)NC(=O)NCc1ccccc1. The third-order valence-electron chi connectivity index (χ3n) is 3.72. The van der Waals surface area contributed by atoms with Gasteiger partial charge in [-0.3, -0.25) is 10.1 Å². The molecule has 2 N–H and O–H groups in total. The van der Waals surface area contributed by atoms with Gasteiger partial charge in [0.1, 0.15) is 5.75 Å². The normalized spacial score (nSPS) is 12.1. The lowest BCUT2D eigenvalue weighted by Gasteiger charge is -2.12. The molecule has 0 aliphatic rings. The third kappa shape index (κ3) is 9.03. The number of imide groups is 1. The first-order chi connectivity index (χ1) is 14.6. The number of urea groups is 1. The first-order valence-corrected chi connectivity index (χ1v) is 8.99. The van der Waals surface area contributed by atoms with E-state index >= 15 is 0 Å². The third-order valence-corrected chi connectivity index (χ3v) is 3.72. The molecular formula is C21H19F3N2O5. The Morgan fingerprint density at radius 3 is 2.29 bits per heavy atom. The molecule has 0 aliphatic heterocycles. The number of carbonyl (C=O) groups is 3. The summed E-state index contributed by atoms with van der Waals surface area (Å²) in [6.07, 6.45) is -3.76. The predicted molar refractivity (Wildman–Crippen MR) is 105 cm³/mol. The van der Waals surface area contributed by atoms with Crippen LogP contribution in [-0.4, -0.2) is 30.4 Å². The Bertz CT molecular complexity index is 928. The molecule has 2 rings (SSSR count). The smallest absolute Gasteiger partial charge is 0.449 e. The molecule has 0 spiro atoms. The van der Waals surface area contributed by atoms with Crippen molar-refractivity contribution in [3.8, 4) is 5.75 Å². The second-order valence-electron chi connectivity index (χ2n) is 6.19. The number of rotatable bonds is 7. The lowest BCUT2D eigenvalue weighted by Crippen LogP contribution is -2.44. The Hall–Kier alpha value is -3.82. The molecule has 164 valence electrons. The average molecular weight is 436 g/mol. The van der Waals surface area contributed by atoms with Gasteiger partial charge in [0.05, 0.1) is 0 Å². The Kier molecular flexibility index (Phi) is 8.18. The van der Waals surface area contributed by atoms with Crippen molar-refractivity contribution in [3.05, 3.63) is 71.8 Å². The molecule has 3 amide bonds. The molecule has 0 saturated carbocycles. The molecule has 0 aromatic heterocycles. The van der Waals surface area contributed by atoms with Crippen LogP contribution in [0.5, 0.6) is 5.75 Å². The standard InChI is InChI=1S/C21H19F3N2O5/c1-14(19(28)26-20(29)25-13-16-5-3-2-4-6-16)30-18(27)12-9-15-7-10-17(11-8-15)31-21(22,23)24/h2-12,14H,13H2,1H3,(H2,25,26,28,29)/b12-9+. The summed E-state index contributed by atoms with van der Waals surface area (Å²) in [6, 6.07) is 13.1. The molecule has 0 radical (unpaired) electrons. The van der Waals surface area contributed by atoms with Crippen LogP contribution in [0.1, 0.15) is 18.1 Å². The van der Waals surface area contributed by atoms with Gasteiger partial charge in [0.25, 0.3) is 5.91 Å². The van der Waals surface area contributed by atoms with E-state index in [4.69, 9.17) is 4.74 Å². The fourth-order valence-electron chi connectivity index (χ4n) is 2.25. The van der Waals surface area contributed by atoms with Crippen LogP contribution in [0, 0.1) is 0 Å². The van der Waals surface area contributed by atoms with Gasteiger partial charge in [0, 0.05) is 12.6 Å². The molecule has 0 aliphatic carbocycles. The topological polar surface area (TPSA) is 93.7 Å². The maximum absolute atomic E-state index is 12.1. The number of ether oxygens (including phenoxy) is 2. The molecule has 0 bridgehead atoms. The van der Waals surface area contributed by atoms with E-state index < -0.39 is 36.1 Å². The lowest BCUT2D eigenvalue weighted by molar-refractivity contribution is -0.274. The molecule has 1 atom stereocenters. The summed E-state index contributed by atoms with van der Waals surface area (Å²) in [6.45, 7) is 1.50. The van der Waals surface area contributed by atoms with Crippen LogP contribution in [0.15, 0.2) is 60.7 Å². The fourth-order valence-corrected chi connectivity index (χ4v) is 2.25. The number of halogens is 3. The molecule has 1 unspecified atom stereocenters. The van der Waals surface area contributed by atoms with Gasteiger partial charge in [0.2, 0.25) is 0 Å². The van der Waals surface area contributed by atoms with Crippen molar-refractivity contribution in [2.24, 2.45) is 0 Å². The Morgan fingerprint density at radius 1 is 1.03 bits per heavy atom. The van der Waals surface area contributed by atoms with Crippen LogP contribution in [0.3, 0.4) is 0 Å². The zero-order valence-electron chi connectivity index (χ0n) is 16.3. The van der Waals surface area contributed by atoms with Gasteiger partial charge < -0.3 is 14.8 Å². The van der Waals surface area contributed by atoms with Crippen LogP contribution in [0.25, 0.3) is 6.08 Å². The van der Waals surface area contributed by atoms with Crippen molar-refractivity contribution >= 4 is 24.0 Å². The van der Waals surface area contributed by atoms with Crippen molar-refractivity contribution < 1.29 is 37.0 Å². The summed E-state index contributed by atoms with van der Waals surface area (Å²) >= 11 is 0. The van der Waals surface area contributed by atoms with E-state index in [9.17, 15) is 27.6 Å². The van der Waals surface area contributed by atoms with E-state index in [-0.39, 0.29) is 6.54 Å². The molecule has 2 aromatic rings. The minimum absolute atomic E-state index is 0.212. The van der Waals surface area contributed by atoms with Gasteiger partial charge in [-0.05, 0) is 36.3 Å². The number of hydrogen-bond acceptors (Lipinski definition) is 5. The quantitative estimate of drug-likeness (QED) is 0.512. The van der Waals surface area contributed by atoms with E-state index in [1.807, 2.05) is 6.07 Å². The van der Waals surface area contributed by atoms with E-state index in [0.29, 0.717) is 5.56 Å². The first kappa shape index (κ1) is 23.5. The van der Waals surface area contributed by atoms with E-state index in [2.05, 4.69) is 15.4 Å². The number of esters is 1. The highest BCUT2D eigenvalue weighted by molar-refractivity contribution is 5.98. The van der Waals surface area contributed by atoms with Gasteiger partial charge in [-0.2, -0.15) is 0 Å². The summed E-state index contributed by atoms with van der Waals surface area (Å²) in [5.74, 6) is -2.09. The van der Waals surface area contributed by atoms with Crippen molar-refractivity contribution in [1.29, 1.82) is 0 Å². The zero-order chi connectivity index (χ0) is 22.9. The predicted octanol–water partition coefficient (Wildman–Crippen LogP) is 3.56. The maximum atomic E-state index is 12.1. The molecule has 10 heteroatoms.